The zero-order chi connectivity index (χ0) is 17.4. The third-order valence-electron chi connectivity index (χ3n) is 3.80. The summed E-state index contributed by atoms with van der Waals surface area (Å²) in [6, 6.07) is 6.41. The molecule has 0 radical (unpaired) electrons. The van der Waals surface area contributed by atoms with Gasteiger partial charge < -0.3 is 4.74 Å². The molecule has 6 heteroatoms. The number of benzene rings is 1. The molecule has 0 aliphatic heterocycles. The summed E-state index contributed by atoms with van der Waals surface area (Å²) in [4.78, 5) is 52.6. The third kappa shape index (κ3) is 2.42. The van der Waals surface area contributed by atoms with E-state index < -0.39 is 23.3 Å². The summed E-state index contributed by atoms with van der Waals surface area (Å²) in [7, 11) is 0. The zero-order valence-electron chi connectivity index (χ0n) is 13.1. The van der Waals surface area contributed by atoms with Gasteiger partial charge in [0.15, 0.2) is 11.6 Å². The van der Waals surface area contributed by atoms with Gasteiger partial charge in [0.1, 0.15) is 12.3 Å². The van der Waals surface area contributed by atoms with Crippen LogP contribution in [-0.4, -0.2) is 28.3 Å². The lowest BCUT2D eigenvalue weighted by atomic mass is 9.83. The Kier molecular flexibility index (Phi) is 3.81. The molecule has 1 heterocycles. The van der Waals surface area contributed by atoms with Crippen LogP contribution in [0.1, 0.15) is 61.7 Å². The van der Waals surface area contributed by atoms with E-state index >= 15 is 0 Å². The Morgan fingerprint density at radius 3 is 2.25 bits per heavy atom. The first-order chi connectivity index (χ1) is 11.4. The maximum atomic E-state index is 12.8. The number of Topliss-reactive ketones (excluding diaryl/α,β-unsaturated/α-hetero) is 1. The lowest BCUT2D eigenvalue weighted by molar-refractivity contribution is -0.142. The molecular formula is C18H13NO5. The maximum absolute atomic E-state index is 12.8. The summed E-state index contributed by atoms with van der Waals surface area (Å²) < 4.78 is 4.91. The lowest BCUT2D eigenvalue weighted by Crippen LogP contribution is -2.26. The molecule has 1 aliphatic rings. The third-order valence-corrected chi connectivity index (χ3v) is 3.80. The average Bonchev–Trinajstić information content (AvgIpc) is 2.56. The van der Waals surface area contributed by atoms with Crippen LogP contribution >= 0.6 is 0 Å². The van der Waals surface area contributed by atoms with Crippen molar-refractivity contribution in [3.63, 3.8) is 0 Å². The summed E-state index contributed by atoms with van der Waals surface area (Å²) in [6.07, 6.45) is 1.30. The highest BCUT2D eigenvalue weighted by molar-refractivity contribution is 6.30. The van der Waals surface area contributed by atoms with E-state index in [4.69, 9.17) is 4.74 Å². The van der Waals surface area contributed by atoms with Crippen molar-refractivity contribution in [3.05, 3.63) is 64.0 Å². The highest BCUT2D eigenvalue weighted by Gasteiger charge is 2.34. The molecule has 0 saturated carbocycles. The zero-order valence-corrected chi connectivity index (χ0v) is 13.1. The molecule has 1 aromatic heterocycles. The molecule has 0 atom stereocenters. The van der Waals surface area contributed by atoms with Crippen LogP contribution < -0.4 is 0 Å². The number of rotatable bonds is 3. The van der Waals surface area contributed by atoms with Crippen LogP contribution in [0.4, 0.5) is 0 Å². The largest absolute Gasteiger partial charge is 0.461 e. The van der Waals surface area contributed by atoms with E-state index in [1.54, 1.807) is 24.3 Å². The molecule has 120 valence electrons. The number of ketones is 3. The van der Waals surface area contributed by atoms with Gasteiger partial charge in [-0.15, -0.1) is 0 Å². The first kappa shape index (κ1) is 15.7. The fourth-order valence-electron chi connectivity index (χ4n) is 2.78. The number of pyridine rings is 1. The minimum atomic E-state index is -0.519. The van der Waals surface area contributed by atoms with E-state index in [-0.39, 0.29) is 34.6 Å². The number of hydrogen-bond donors (Lipinski definition) is 0. The first-order valence-corrected chi connectivity index (χ1v) is 7.26. The molecule has 0 N–H and O–H groups in total. The van der Waals surface area contributed by atoms with Gasteiger partial charge in [-0.1, -0.05) is 24.3 Å². The molecule has 0 amide bonds. The molecule has 6 nitrogen and oxygen atoms in total. The molecular weight excluding hydrogens is 310 g/mol. The summed E-state index contributed by atoms with van der Waals surface area (Å²) >= 11 is 0. The second kappa shape index (κ2) is 5.81. The van der Waals surface area contributed by atoms with Gasteiger partial charge >= 0.3 is 5.97 Å². The Labute approximate surface area is 137 Å². The molecule has 2 aromatic rings. The van der Waals surface area contributed by atoms with Crippen molar-refractivity contribution in [1.82, 2.24) is 4.98 Å². The highest BCUT2D eigenvalue weighted by Crippen LogP contribution is 2.30. The van der Waals surface area contributed by atoms with Crippen LogP contribution in [0.15, 0.2) is 30.5 Å². The minimum Gasteiger partial charge on any atom is -0.461 e. The average molecular weight is 323 g/mol. The number of aromatic nitrogens is 1. The second-order valence-corrected chi connectivity index (χ2v) is 5.42. The fraction of sp³-hybridized carbons (Fsp3) is 0.167. The number of nitrogens with zero attached hydrogens (tertiary/aromatic N) is 1. The van der Waals surface area contributed by atoms with E-state index in [1.807, 2.05) is 0 Å². The molecule has 0 unspecified atom stereocenters. The van der Waals surface area contributed by atoms with Gasteiger partial charge in [-0.2, -0.15) is 0 Å². The van der Waals surface area contributed by atoms with E-state index in [0.29, 0.717) is 5.56 Å². The van der Waals surface area contributed by atoms with E-state index in [0.717, 1.165) is 0 Å². The van der Waals surface area contributed by atoms with E-state index in [2.05, 4.69) is 4.98 Å². The second-order valence-electron chi connectivity index (χ2n) is 5.42. The SMILES string of the molecule is CC(=O)OCc1cnc2c(c1C(C)=O)C(=O)c1ccccc1C2=O. The number of hydrogen-bond acceptors (Lipinski definition) is 6. The minimum absolute atomic E-state index is 0.0177. The molecule has 0 saturated heterocycles. The Balaban J connectivity index is 2.23. The standard InChI is InChI=1S/C18H13NO5/c1-9(20)14-11(8-24-10(2)21)7-19-16-15(14)17(22)12-5-3-4-6-13(12)18(16)23/h3-7H,8H2,1-2H3. The van der Waals surface area contributed by atoms with Crippen LogP contribution in [-0.2, 0) is 16.1 Å². The predicted molar refractivity (Wildman–Crippen MR) is 83.0 cm³/mol. The van der Waals surface area contributed by atoms with Crippen molar-refractivity contribution in [2.45, 2.75) is 20.5 Å². The Bertz CT molecular complexity index is 914. The van der Waals surface area contributed by atoms with Gasteiger partial charge in [-0.25, -0.2) is 0 Å². The highest BCUT2D eigenvalue weighted by atomic mass is 16.5. The van der Waals surface area contributed by atoms with Crippen molar-refractivity contribution in [1.29, 1.82) is 0 Å². The molecule has 0 bridgehead atoms. The summed E-state index contributed by atoms with van der Waals surface area (Å²) in [6.45, 7) is 2.35. The Hall–Kier alpha value is -3.15. The number of carbonyl (C=O) groups excluding carboxylic acids is 4. The summed E-state index contributed by atoms with van der Waals surface area (Å²) in [5.74, 6) is -1.74. The van der Waals surface area contributed by atoms with Gasteiger partial charge in [0.25, 0.3) is 0 Å². The topological polar surface area (TPSA) is 90.4 Å². The van der Waals surface area contributed by atoms with Crippen molar-refractivity contribution in [2.24, 2.45) is 0 Å². The smallest absolute Gasteiger partial charge is 0.302 e. The normalized spacial score (nSPS) is 12.4. The van der Waals surface area contributed by atoms with Crippen molar-refractivity contribution in [2.75, 3.05) is 0 Å². The van der Waals surface area contributed by atoms with E-state index in [1.165, 1.54) is 20.0 Å². The molecule has 0 spiro atoms. The van der Waals surface area contributed by atoms with Gasteiger partial charge in [0, 0.05) is 35.4 Å². The number of fused-ring (bicyclic) bond motifs is 2. The van der Waals surface area contributed by atoms with Crippen molar-refractivity contribution >= 4 is 23.3 Å². The van der Waals surface area contributed by atoms with Gasteiger partial charge in [0.05, 0.1) is 5.56 Å². The van der Waals surface area contributed by atoms with Crippen LogP contribution in [0.3, 0.4) is 0 Å². The predicted octanol–water partition coefficient (Wildman–Crippen LogP) is 2.12. The van der Waals surface area contributed by atoms with Crippen LogP contribution in [0.25, 0.3) is 0 Å². The van der Waals surface area contributed by atoms with Gasteiger partial charge in [0.2, 0.25) is 5.78 Å². The number of carbonyl (C=O) groups is 4. The van der Waals surface area contributed by atoms with Crippen LogP contribution in [0.5, 0.6) is 0 Å². The summed E-state index contributed by atoms with van der Waals surface area (Å²) in [5, 5.41) is 0. The van der Waals surface area contributed by atoms with Crippen LogP contribution in [0, 0.1) is 0 Å². The van der Waals surface area contributed by atoms with Gasteiger partial charge in [-0.3, -0.25) is 24.2 Å². The number of esters is 1. The van der Waals surface area contributed by atoms with Crippen molar-refractivity contribution in [3.8, 4) is 0 Å². The molecule has 1 aromatic carbocycles. The Morgan fingerprint density at radius 1 is 1.04 bits per heavy atom. The molecule has 0 fully saturated rings. The molecule has 1 aliphatic carbocycles. The van der Waals surface area contributed by atoms with E-state index in [9.17, 15) is 19.2 Å². The molecule has 3 rings (SSSR count). The monoisotopic (exact) mass is 323 g/mol. The molecule has 24 heavy (non-hydrogen) atoms. The number of ether oxygens (including phenoxy) is 1. The fourth-order valence-corrected chi connectivity index (χ4v) is 2.78. The first-order valence-electron chi connectivity index (χ1n) is 7.26. The summed E-state index contributed by atoms with van der Waals surface area (Å²) in [5.41, 5.74) is 0.825. The van der Waals surface area contributed by atoms with Crippen LogP contribution in [0.2, 0.25) is 0 Å². The lowest BCUT2D eigenvalue weighted by Gasteiger charge is -2.20. The maximum Gasteiger partial charge on any atom is 0.302 e. The van der Waals surface area contributed by atoms with Crippen molar-refractivity contribution < 1.29 is 23.9 Å². The Morgan fingerprint density at radius 2 is 1.67 bits per heavy atom. The quantitative estimate of drug-likeness (QED) is 0.542. The van der Waals surface area contributed by atoms with Gasteiger partial charge in [-0.05, 0) is 6.92 Å².